The zero-order chi connectivity index (χ0) is 13.1. The molecule has 0 heterocycles. The third-order valence-corrected chi connectivity index (χ3v) is 1.58. The van der Waals surface area contributed by atoms with Gasteiger partial charge in [0.25, 0.3) is 0 Å². The molecular weight excluding hydrogens is 241 g/mol. The average Bonchev–Trinajstić information content (AvgIpc) is 2.18. The van der Waals surface area contributed by atoms with Gasteiger partial charge < -0.3 is 15.8 Å². The Morgan fingerprint density at radius 3 is 2.35 bits per heavy atom. The average molecular weight is 248 g/mol. The van der Waals surface area contributed by atoms with Gasteiger partial charge in [-0.3, -0.25) is 9.59 Å². The minimum absolute atomic E-state index is 0.298. The van der Waals surface area contributed by atoms with Gasteiger partial charge in [0.15, 0.2) is 5.75 Å². The van der Waals surface area contributed by atoms with Crippen LogP contribution in [-0.2, 0) is 9.59 Å². The van der Waals surface area contributed by atoms with Crippen molar-refractivity contribution in [3.8, 4) is 5.75 Å². The van der Waals surface area contributed by atoms with Crippen LogP contribution in [0, 0.1) is 0 Å². The summed E-state index contributed by atoms with van der Waals surface area (Å²) in [6, 6.07) is 4.77. The molecule has 0 atom stereocenters. The van der Waals surface area contributed by atoms with Gasteiger partial charge in [-0.15, -0.1) is 13.2 Å². The number of nitrogens with one attached hydrogen (secondary N) is 1. The van der Waals surface area contributed by atoms with Crippen LogP contribution in [0.3, 0.4) is 0 Å². The summed E-state index contributed by atoms with van der Waals surface area (Å²) in [5.74, 6) is -3.18. The summed E-state index contributed by atoms with van der Waals surface area (Å²) >= 11 is 0. The standard InChI is InChI=1S/C9H7F3N2O3/c10-9(11,12)17-6-4-2-1-3-5(6)14-8(16)7(13)15/h1-4H,(H2,13,15)(H,14,16). The number of ether oxygens (including phenoxy) is 1. The first-order valence-electron chi connectivity index (χ1n) is 4.25. The van der Waals surface area contributed by atoms with E-state index in [4.69, 9.17) is 0 Å². The molecular formula is C9H7F3N2O3. The van der Waals surface area contributed by atoms with Crippen LogP contribution in [0.2, 0.25) is 0 Å². The first-order valence-corrected chi connectivity index (χ1v) is 4.25. The number of hydrogen-bond acceptors (Lipinski definition) is 3. The quantitative estimate of drug-likeness (QED) is 0.766. The molecule has 0 aliphatic carbocycles. The van der Waals surface area contributed by atoms with Crippen LogP contribution in [0.1, 0.15) is 0 Å². The second-order valence-electron chi connectivity index (χ2n) is 2.86. The number of rotatable bonds is 2. The van der Waals surface area contributed by atoms with Gasteiger partial charge in [0.2, 0.25) is 0 Å². The summed E-state index contributed by atoms with van der Waals surface area (Å²) in [6.07, 6.45) is -4.90. The molecule has 5 nitrogen and oxygen atoms in total. The maximum absolute atomic E-state index is 12.0. The molecule has 0 saturated heterocycles. The van der Waals surface area contributed by atoms with Crippen LogP contribution in [0.15, 0.2) is 24.3 Å². The smallest absolute Gasteiger partial charge is 0.404 e. The highest BCUT2D eigenvalue weighted by atomic mass is 19.4. The fourth-order valence-corrected chi connectivity index (χ4v) is 0.968. The number of hydrogen-bond donors (Lipinski definition) is 2. The summed E-state index contributed by atoms with van der Waals surface area (Å²) in [5, 5.41) is 1.89. The van der Waals surface area contributed by atoms with E-state index in [9.17, 15) is 22.8 Å². The van der Waals surface area contributed by atoms with Gasteiger partial charge >= 0.3 is 18.2 Å². The number of anilines is 1. The molecule has 0 aliphatic heterocycles. The Bertz CT molecular complexity index is 445. The molecule has 0 bridgehead atoms. The second kappa shape index (κ2) is 4.73. The first kappa shape index (κ1) is 12.8. The molecule has 0 aromatic heterocycles. The monoisotopic (exact) mass is 248 g/mol. The summed E-state index contributed by atoms with van der Waals surface area (Å²) in [7, 11) is 0. The molecule has 0 unspecified atom stereocenters. The molecule has 17 heavy (non-hydrogen) atoms. The highest BCUT2D eigenvalue weighted by molar-refractivity contribution is 6.39. The minimum atomic E-state index is -4.90. The zero-order valence-electron chi connectivity index (χ0n) is 8.25. The van der Waals surface area contributed by atoms with Crippen molar-refractivity contribution in [3.63, 3.8) is 0 Å². The molecule has 1 aromatic rings. The maximum atomic E-state index is 12.0. The molecule has 2 amide bonds. The Balaban J connectivity index is 2.92. The summed E-state index contributed by atoms with van der Waals surface area (Å²) in [4.78, 5) is 21.4. The molecule has 0 aliphatic rings. The predicted molar refractivity (Wildman–Crippen MR) is 50.9 cm³/mol. The normalized spacial score (nSPS) is 10.8. The highest BCUT2D eigenvalue weighted by Crippen LogP contribution is 2.29. The third kappa shape index (κ3) is 4.01. The number of alkyl halides is 3. The summed E-state index contributed by atoms with van der Waals surface area (Å²) < 4.78 is 39.6. The summed E-state index contributed by atoms with van der Waals surface area (Å²) in [6.45, 7) is 0. The minimum Gasteiger partial charge on any atom is -0.404 e. The van der Waals surface area contributed by atoms with Gasteiger partial charge in [-0.05, 0) is 12.1 Å². The maximum Gasteiger partial charge on any atom is 0.573 e. The molecule has 8 heteroatoms. The van der Waals surface area contributed by atoms with E-state index in [-0.39, 0.29) is 5.69 Å². The van der Waals surface area contributed by atoms with Crippen LogP contribution in [0.25, 0.3) is 0 Å². The lowest BCUT2D eigenvalue weighted by Crippen LogP contribution is -2.30. The van der Waals surface area contributed by atoms with Crippen LogP contribution in [0.4, 0.5) is 18.9 Å². The zero-order valence-corrected chi connectivity index (χ0v) is 8.25. The molecule has 92 valence electrons. The molecule has 0 fully saturated rings. The van der Waals surface area contributed by atoms with Crippen LogP contribution in [0.5, 0.6) is 5.75 Å². The van der Waals surface area contributed by atoms with E-state index in [1.54, 1.807) is 0 Å². The third-order valence-electron chi connectivity index (χ3n) is 1.58. The highest BCUT2D eigenvalue weighted by Gasteiger charge is 2.32. The number of carbonyl (C=O) groups excluding carboxylic acids is 2. The molecule has 3 N–H and O–H groups in total. The Morgan fingerprint density at radius 2 is 1.82 bits per heavy atom. The second-order valence-corrected chi connectivity index (χ2v) is 2.86. The number of carbonyl (C=O) groups is 2. The van der Waals surface area contributed by atoms with Gasteiger partial charge in [-0.25, -0.2) is 0 Å². The Kier molecular flexibility index (Phi) is 3.56. The Hall–Kier alpha value is -2.25. The fourth-order valence-electron chi connectivity index (χ4n) is 0.968. The predicted octanol–water partition coefficient (Wildman–Crippen LogP) is 1.01. The van der Waals surface area contributed by atoms with Gasteiger partial charge in [0.05, 0.1) is 5.69 Å². The number of benzene rings is 1. The van der Waals surface area contributed by atoms with E-state index >= 15 is 0 Å². The summed E-state index contributed by atoms with van der Waals surface area (Å²) in [5.41, 5.74) is 4.35. The Morgan fingerprint density at radius 1 is 1.24 bits per heavy atom. The van der Waals surface area contributed by atoms with E-state index in [1.807, 2.05) is 5.32 Å². The van der Waals surface area contributed by atoms with E-state index in [0.717, 1.165) is 12.1 Å². The van der Waals surface area contributed by atoms with Crippen molar-refractivity contribution in [2.45, 2.75) is 6.36 Å². The molecule has 0 saturated carbocycles. The first-order chi connectivity index (χ1) is 7.79. The largest absolute Gasteiger partial charge is 0.573 e. The lowest BCUT2D eigenvalue weighted by molar-refractivity contribution is -0.274. The fraction of sp³-hybridized carbons (Fsp3) is 0.111. The number of primary amides is 1. The Labute approximate surface area is 93.3 Å². The number of amides is 2. The molecule has 1 aromatic carbocycles. The topological polar surface area (TPSA) is 81.4 Å². The number of para-hydroxylation sites is 2. The van der Waals surface area contributed by atoms with Crippen molar-refractivity contribution in [2.75, 3.05) is 5.32 Å². The van der Waals surface area contributed by atoms with E-state index in [1.165, 1.54) is 12.1 Å². The van der Waals surface area contributed by atoms with Crippen molar-refractivity contribution < 1.29 is 27.5 Å². The van der Waals surface area contributed by atoms with Gasteiger partial charge in [-0.2, -0.15) is 0 Å². The van der Waals surface area contributed by atoms with Gasteiger partial charge in [0, 0.05) is 0 Å². The molecule has 1 rings (SSSR count). The van der Waals surface area contributed by atoms with Crippen molar-refractivity contribution >= 4 is 17.5 Å². The van der Waals surface area contributed by atoms with E-state index < -0.39 is 23.9 Å². The van der Waals surface area contributed by atoms with Crippen molar-refractivity contribution in [1.82, 2.24) is 0 Å². The van der Waals surface area contributed by atoms with Crippen LogP contribution in [-0.4, -0.2) is 18.2 Å². The van der Waals surface area contributed by atoms with Crippen LogP contribution < -0.4 is 15.8 Å². The van der Waals surface area contributed by atoms with E-state index in [0.29, 0.717) is 0 Å². The van der Waals surface area contributed by atoms with Gasteiger partial charge in [-0.1, -0.05) is 12.1 Å². The van der Waals surface area contributed by atoms with Crippen molar-refractivity contribution in [2.24, 2.45) is 5.73 Å². The van der Waals surface area contributed by atoms with Crippen LogP contribution >= 0.6 is 0 Å². The van der Waals surface area contributed by atoms with Crippen molar-refractivity contribution in [3.05, 3.63) is 24.3 Å². The number of halogens is 3. The SMILES string of the molecule is NC(=O)C(=O)Nc1ccccc1OC(F)(F)F. The lowest BCUT2D eigenvalue weighted by atomic mass is 10.3. The van der Waals surface area contributed by atoms with Crippen molar-refractivity contribution in [1.29, 1.82) is 0 Å². The van der Waals surface area contributed by atoms with E-state index in [2.05, 4.69) is 10.5 Å². The molecule has 0 spiro atoms. The van der Waals surface area contributed by atoms with Gasteiger partial charge in [0.1, 0.15) is 0 Å². The number of nitrogens with two attached hydrogens (primary N) is 1. The molecule has 0 radical (unpaired) electrons. The lowest BCUT2D eigenvalue weighted by Gasteiger charge is -2.12.